The zero-order valence-corrected chi connectivity index (χ0v) is 11.6. The summed E-state index contributed by atoms with van der Waals surface area (Å²) in [6.45, 7) is 3.73. The molecule has 110 valence electrons. The minimum atomic E-state index is -2.47. The normalized spacial score (nSPS) is 10.6. The van der Waals surface area contributed by atoms with E-state index in [1.165, 1.54) is 0 Å². The van der Waals surface area contributed by atoms with E-state index in [2.05, 4.69) is 21.6 Å². The smallest absolute Gasteiger partial charge is 0.261 e. The van der Waals surface area contributed by atoms with Crippen LogP contribution in [0.1, 0.15) is 30.7 Å². The van der Waals surface area contributed by atoms with Crippen molar-refractivity contribution in [1.29, 1.82) is 5.26 Å². The van der Waals surface area contributed by atoms with Crippen LogP contribution in [0.15, 0.2) is 0 Å². The van der Waals surface area contributed by atoms with Crippen LogP contribution in [0.2, 0.25) is 0 Å². The molecule has 0 atom stereocenters. The summed E-state index contributed by atoms with van der Waals surface area (Å²) in [5, 5.41) is 20.2. The lowest BCUT2D eigenvalue weighted by molar-refractivity contribution is 0.0214. The first-order valence-corrected chi connectivity index (χ1v) is 6.52. The zero-order valence-electron chi connectivity index (χ0n) is 11.6. The Hall–Kier alpha value is -1.81. The summed E-state index contributed by atoms with van der Waals surface area (Å²) in [5.74, 6) is 0.377. The molecule has 0 aromatic carbocycles. The van der Waals surface area contributed by atoms with E-state index in [-0.39, 0.29) is 6.61 Å². The lowest BCUT2D eigenvalue weighted by Gasteiger charge is -2.12. The van der Waals surface area contributed by atoms with Crippen LogP contribution >= 0.6 is 0 Å². The number of nitrogens with one attached hydrogen (secondary N) is 1. The third kappa shape index (κ3) is 4.38. The van der Waals surface area contributed by atoms with Crippen LogP contribution in [0.5, 0.6) is 0 Å². The number of aromatic nitrogens is 2. The topological polar surface area (TPSA) is 70.8 Å². The molecule has 1 rings (SSSR count). The average molecular weight is 284 g/mol. The molecule has 0 radical (unpaired) electrons. The number of aryl methyl sites for hydroxylation is 1. The molecule has 0 saturated carbocycles. The van der Waals surface area contributed by atoms with Gasteiger partial charge in [-0.15, -0.1) is 5.10 Å². The van der Waals surface area contributed by atoms with Crippen molar-refractivity contribution in [2.24, 2.45) is 0 Å². The van der Waals surface area contributed by atoms with Crippen LogP contribution in [0.4, 0.5) is 14.6 Å². The second kappa shape index (κ2) is 8.38. The average Bonchev–Trinajstić information content (AvgIpc) is 2.45. The summed E-state index contributed by atoms with van der Waals surface area (Å²) >= 11 is 0. The van der Waals surface area contributed by atoms with Gasteiger partial charge in [0, 0.05) is 6.54 Å². The highest BCUT2D eigenvalue weighted by Crippen LogP contribution is 2.19. The van der Waals surface area contributed by atoms with E-state index in [4.69, 9.17) is 4.74 Å². The van der Waals surface area contributed by atoms with Gasteiger partial charge in [-0.1, -0.05) is 13.8 Å². The van der Waals surface area contributed by atoms with Gasteiger partial charge in [-0.25, -0.2) is 8.78 Å². The van der Waals surface area contributed by atoms with E-state index < -0.39 is 13.0 Å². The molecule has 0 unspecified atom stereocenters. The number of alkyl halides is 2. The van der Waals surface area contributed by atoms with E-state index in [1.807, 2.05) is 13.8 Å². The Bertz CT molecular complexity index is 474. The van der Waals surface area contributed by atoms with Crippen molar-refractivity contribution in [3.63, 3.8) is 0 Å². The SMILES string of the molecule is CCc1nnc(NCCOCC(F)F)c(C#N)c1CC. The maximum absolute atomic E-state index is 11.9. The van der Waals surface area contributed by atoms with Gasteiger partial charge in [0.1, 0.15) is 18.2 Å². The molecule has 1 N–H and O–H groups in total. The molecule has 0 aliphatic heterocycles. The molecule has 1 aromatic rings. The Morgan fingerprint density at radius 2 is 2.05 bits per heavy atom. The Morgan fingerprint density at radius 3 is 2.60 bits per heavy atom. The number of rotatable bonds is 8. The third-order valence-corrected chi connectivity index (χ3v) is 2.74. The number of anilines is 1. The predicted octanol–water partition coefficient (Wildman–Crippen LogP) is 2.17. The summed E-state index contributed by atoms with van der Waals surface area (Å²) in [5.41, 5.74) is 2.15. The first-order chi connectivity index (χ1) is 9.63. The molecule has 0 bridgehead atoms. The van der Waals surface area contributed by atoms with E-state index >= 15 is 0 Å². The maximum Gasteiger partial charge on any atom is 0.261 e. The summed E-state index contributed by atoms with van der Waals surface area (Å²) < 4.78 is 28.5. The fourth-order valence-electron chi connectivity index (χ4n) is 1.83. The van der Waals surface area contributed by atoms with E-state index in [0.717, 1.165) is 11.3 Å². The summed E-state index contributed by atoms with van der Waals surface area (Å²) in [6, 6.07) is 2.12. The number of ether oxygens (including phenoxy) is 1. The summed E-state index contributed by atoms with van der Waals surface area (Å²) in [6.07, 6.45) is -1.07. The highest BCUT2D eigenvalue weighted by Gasteiger charge is 2.13. The standard InChI is InChI=1S/C13H18F2N4O/c1-3-9-10(7-16)13(19-18-11(9)4-2)17-5-6-20-8-12(14)15/h12H,3-6,8H2,1-2H3,(H,17,19). The van der Waals surface area contributed by atoms with Crippen LogP contribution in [0.25, 0.3) is 0 Å². The number of hydrogen-bond acceptors (Lipinski definition) is 5. The van der Waals surface area contributed by atoms with Gasteiger partial charge in [-0.05, 0) is 18.4 Å². The van der Waals surface area contributed by atoms with Crippen molar-refractivity contribution in [1.82, 2.24) is 10.2 Å². The molecule has 5 nitrogen and oxygen atoms in total. The highest BCUT2D eigenvalue weighted by atomic mass is 19.3. The second-order valence-electron chi connectivity index (χ2n) is 4.06. The van der Waals surface area contributed by atoms with Crippen molar-refractivity contribution in [2.45, 2.75) is 33.1 Å². The second-order valence-corrected chi connectivity index (χ2v) is 4.06. The van der Waals surface area contributed by atoms with Crippen LogP contribution in [0, 0.1) is 11.3 Å². The van der Waals surface area contributed by atoms with Gasteiger partial charge in [-0.2, -0.15) is 10.4 Å². The van der Waals surface area contributed by atoms with Crippen LogP contribution < -0.4 is 5.32 Å². The lowest BCUT2D eigenvalue weighted by Crippen LogP contribution is -2.16. The van der Waals surface area contributed by atoms with Gasteiger partial charge in [0.25, 0.3) is 6.43 Å². The van der Waals surface area contributed by atoms with Gasteiger partial charge < -0.3 is 10.1 Å². The molecule has 0 aliphatic rings. The third-order valence-electron chi connectivity index (χ3n) is 2.74. The number of hydrogen-bond donors (Lipinski definition) is 1. The van der Waals surface area contributed by atoms with Crippen molar-refractivity contribution in [3.8, 4) is 6.07 Å². The van der Waals surface area contributed by atoms with Gasteiger partial charge >= 0.3 is 0 Å². The number of nitriles is 1. The van der Waals surface area contributed by atoms with Gasteiger partial charge in [-0.3, -0.25) is 0 Å². The molecule has 0 amide bonds. The minimum absolute atomic E-state index is 0.119. The van der Waals surface area contributed by atoms with Crippen LogP contribution in [-0.2, 0) is 17.6 Å². The fourth-order valence-corrected chi connectivity index (χ4v) is 1.83. The molecule has 1 aromatic heterocycles. The highest BCUT2D eigenvalue weighted by molar-refractivity contribution is 5.56. The largest absolute Gasteiger partial charge is 0.374 e. The Balaban J connectivity index is 2.69. The molecule has 20 heavy (non-hydrogen) atoms. The molecule has 1 heterocycles. The maximum atomic E-state index is 11.9. The minimum Gasteiger partial charge on any atom is -0.374 e. The zero-order chi connectivity index (χ0) is 15.0. The summed E-state index contributed by atoms with van der Waals surface area (Å²) in [7, 11) is 0. The van der Waals surface area contributed by atoms with Crippen LogP contribution in [-0.4, -0.2) is 36.4 Å². The van der Waals surface area contributed by atoms with E-state index in [1.54, 1.807) is 0 Å². The molecule has 7 heteroatoms. The molecule has 0 fully saturated rings. The first-order valence-electron chi connectivity index (χ1n) is 6.52. The van der Waals surface area contributed by atoms with Crippen LogP contribution in [0.3, 0.4) is 0 Å². The van der Waals surface area contributed by atoms with Crippen molar-refractivity contribution >= 4 is 5.82 Å². The Kier molecular flexibility index (Phi) is 6.81. The number of nitrogens with zero attached hydrogens (tertiary/aromatic N) is 3. The van der Waals surface area contributed by atoms with E-state index in [9.17, 15) is 14.0 Å². The molecular weight excluding hydrogens is 266 g/mol. The van der Waals surface area contributed by atoms with Crippen molar-refractivity contribution < 1.29 is 13.5 Å². The number of halogens is 2. The van der Waals surface area contributed by atoms with Gasteiger partial charge in [0.05, 0.1) is 12.3 Å². The van der Waals surface area contributed by atoms with Crippen molar-refractivity contribution in [2.75, 3.05) is 25.1 Å². The molecule has 0 aliphatic carbocycles. The lowest BCUT2D eigenvalue weighted by atomic mass is 10.0. The molecular formula is C13H18F2N4O. The van der Waals surface area contributed by atoms with Gasteiger partial charge in [0.15, 0.2) is 5.82 Å². The monoisotopic (exact) mass is 284 g/mol. The van der Waals surface area contributed by atoms with E-state index in [0.29, 0.717) is 30.8 Å². The van der Waals surface area contributed by atoms with Gasteiger partial charge in [0.2, 0.25) is 0 Å². The fraction of sp³-hybridized carbons (Fsp3) is 0.615. The Morgan fingerprint density at radius 1 is 1.30 bits per heavy atom. The molecule has 0 spiro atoms. The first kappa shape index (κ1) is 16.2. The molecule has 0 saturated heterocycles. The Labute approximate surface area is 117 Å². The van der Waals surface area contributed by atoms with Crippen molar-refractivity contribution in [3.05, 3.63) is 16.8 Å². The summed E-state index contributed by atoms with van der Waals surface area (Å²) in [4.78, 5) is 0. The predicted molar refractivity (Wildman–Crippen MR) is 70.8 cm³/mol. The quantitative estimate of drug-likeness (QED) is 0.741.